The second-order valence-electron chi connectivity index (χ2n) is 2.16. The van der Waals surface area contributed by atoms with Crippen LogP contribution in [-0.2, 0) is 4.79 Å². The first-order valence-corrected chi connectivity index (χ1v) is 2.88. The molecular formula is C5H7NO3. The van der Waals surface area contributed by atoms with Gasteiger partial charge in [0, 0.05) is 17.8 Å². The van der Waals surface area contributed by atoms with Crippen molar-refractivity contribution in [2.45, 2.75) is 25.3 Å². The summed E-state index contributed by atoms with van der Waals surface area (Å²) >= 11 is 0. The van der Waals surface area contributed by atoms with E-state index < -0.39 is 11.0 Å². The van der Waals surface area contributed by atoms with Gasteiger partial charge in [-0.05, 0) is 6.42 Å². The Bertz CT molecular complexity index is 154. The maximum atomic E-state index is 10.6. The third-order valence-corrected chi connectivity index (χ3v) is 1.53. The Kier molecular flexibility index (Phi) is 1.46. The van der Waals surface area contributed by atoms with Gasteiger partial charge in [0.15, 0.2) is 0 Å². The lowest BCUT2D eigenvalue weighted by Crippen LogP contribution is -2.23. The molecule has 0 N–H and O–H groups in total. The predicted molar refractivity (Wildman–Crippen MR) is 29.6 cm³/mol. The van der Waals surface area contributed by atoms with E-state index in [1.807, 2.05) is 0 Å². The van der Waals surface area contributed by atoms with Gasteiger partial charge in [0.1, 0.15) is 0 Å². The van der Waals surface area contributed by atoms with Crippen LogP contribution in [0.4, 0.5) is 0 Å². The monoisotopic (exact) mass is 129 g/mol. The highest BCUT2D eigenvalue weighted by Crippen LogP contribution is 2.16. The summed E-state index contributed by atoms with van der Waals surface area (Å²) in [5.41, 5.74) is 0. The second kappa shape index (κ2) is 2.13. The van der Waals surface area contributed by atoms with E-state index in [0.29, 0.717) is 19.3 Å². The number of rotatable bonds is 1. The standard InChI is InChI=1S/C5H7NO3/c7-5-3-1-2-4(5)6(8)9/h4H,1-3H2/t4-/m0/s1. The fraction of sp³-hybridized carbons (Fsp3) is 0.800. The molecule has 0 saturated heterocycles. The molecule has 9 heavy (non-hydrogen) atoms. The number of hydrogen-bond donors (Lipinski definition) is 0. The molecule has 0 aliphatic heterocycles. The number of carbonyl (C=O) groups excluding carboxylic acids is 1. The summed E-state index contributed by atoms with van der Waals surface area (Å²) in [4.78, 5) is 20.1. The van der Waals surface area contributed by atoms with Gasteiger partial charge in [0.05, 0.1) is 0 Å². The minimum Gasteiger partial charge on any atom is -0.292 e. The minimum atomic E-state index is -0.884. The molecule has 1 aliphatic carbocycles. The largest absolute Gasteiger partial charge is 0.292 e. The molecule has 1 rings (SSSR count). The van der Waals surface area contributed by atoms with Crippen LogP contribution in [0.1, 0.15) is 19.3 Å². The van der Waals surface area contributed by atoms with E-state index in [9.17, 15) is 14.9 Å². The van der Waals surface area contributed by atoms with E-state index in [4.69, 9.17) is 0 Å². The summed E-state index contributed by atoms with van der Waals surface area (Å²) in [6.45, 7) is 0. The highest BCUT2D eigenvalue weighted by Gasteiger charge is 2.33. The molecule has 4 heteroatoms. The number of hydrogen-bond acceptors (Lipinski definition) is 3. The molecule has 0 unspecified atom stereocenters. The molecule has 0 aromatic carbocycles. The van der Waals surface area contributed by atoms with E-state index in [1.165, 1.54) is 0 Å². The molecule has 0 heterocycles. The van der Waals surface area contributed by atoms with Crippen molar-refractivity contribution in [3.05, 3.63) is 10.1 Å². The molecular weight excluding hydrogens is 122 g/mol. The third-order valence-electron chi connectivity index (χ3n) is 1.53. The number of carbonyl (C=O) groups is 1. The van der Waals surface area contributed by atoms with Crippen LogP contribution >= 0.6 is 0 Å². The van der Waals surface area contributed by atoms with Crippen LogP contribution in [0.2, 0.25) is 0 Å². The quantitative estimate of drug-likeness (QED) is 0.380. The van der Waals surface area contributed by atoms with Crippen molar-refractivity contribution in [2.24, 2.45) is 0 Å². The van der Waals surface area contributed by atoms with Crippen molar-refractivity contribution in [1.29, 1.82) is 0 Å². The van der Waals surface area contributed by atoms with Crippen LogP contribution in [0.3, 0.4) is 0 Å². The molecule has 0 amide bonds. The van der Waals surface area contributed by atoms with Crippen molar-refractivity contribution in [1.82, 2.24) is 0 Å². The molecule has 0 aromatic heterocycles. The summed E-state index contributed by atoms with van der Waals surface area (Å²) in [7, 11) is 0. The van der Waals surface area contributed by atoms with Crippen LogP contribution in [0, 0.1) is 10.1 Å². The molecule has 1 atom stereocenters. The smallest absolute Gasteiger partial charge is 0.270 e. The Balaban J connectivity index is 2.60. The van der Waals surface area contributed by atoms with Gasteiger partial charge in [-0.1, -0.05) is 0 Å². The number of nitrogens with zero attached hydrogens (tertiary/aromatic N) is 1. The molecule has 0 aromatic rings. The first-order valence-electron chi connectivity index (χ1n) is 2.88. The first-order chi connectivity index (χ1) is 4.22. The van der Waals surface area contributed by atoms with Gasteiger partial charge < -0.3 is 0 Å². The summed E-state index contributed by atoms with van der Waals surface area (Å²) < 4.78 is 0. The van der Waals surface area contributed by atoms with Crippen LogP contribution < -0.4 is 0 Å². The first kappa shape index (κ1) is 6.19. The number of nitro groups is 1. The maximum Gasteiger partial charge on any atom is 0.270 e. The van der Waals surface area contributed by atoms with Gasteiger partial charge in [-0.3, -0.25) is 14.9 Å². The molecule has 4 nitrogen and oxygen atoms in total. The van der Waals surface area contributed by atoms with Crippen molar-refractivity contribution < 1.29 is 9.72 Å². The maximum absolute atomic E-state index is 10.6. The Labute approximate surface area is 52.0 Å². The molecule has 0 spiro atoms. The SMILES string of the molecule is O=C1CCC[C@@H]1[N+](=O)[O-]. The van der Waals surface area contributed by atoms with Crippen molar-refractivity contribution >= 4 is 5.78 Å². The van der Waals surface area contributed by atoms with Gasteiger partial charge in [-0.2, -0.15) is 0 Å². The Morgan fingerprint density at radius 2 is 2.33 bits per heavy atom. The lowest BCUT2D eigenvalue weighted by atomic mass is 10.2. The van der Waals surface area contributed by atoms with E-state index in [1.54, 1.807) is 0 Å². The molecule has 1 aliphatic rings. The van der Waals surface area contributed by atoms with E-state index in [0.717, 1.165) is 0 Å². The predicted octanol–water partition coefficient (Wildman–Crippen LogP) is 0.385. The zero-order valence-corrected chi connectivity index (χ0v) is 4.87. The molecule has 1 saturated carbocycles. The molecule has 1 fully saturated rings. The van der Waals surface area contributed by atoms with Gasteiger partial charge in [-0.25, -0.2) is 0 Å². The summed E-state index contributed by atoms with van der Waals surface area (Å²) in [5, 5.41) is 10.00. The van der Waals surface area contributed by atoms with Gasteiger partial charge >= 0.3 is 0 Å². The topological polar surface area (TPSA) is 60.2 Å². The zero-order valence-electron chi connectivity index (χ0n) is 4.87. The Hall–Kier alpha value is -0.930. The second-order valence-corrected chi connectivity index (χ2v) is 2.16. The lowest BCUT2D eigenvalue weighted by molar-refractivity contribution is -0.505. The third kappa shape index (κ3) is 1.06. The number of ketones is 1. The van der Waals surface area contributed by atoms with Crippen LogP contribution in [0.15, 0.2) is 0 Å². The minimum absolute atomic E-state index is 0.208. The number of Topliss-reactive ketones (excluding diaryl/α,β-unsaturated/α-hetero) is 1. The fourth-order valence-corrected chi connectivity index (χ4v) is 1.02. The van der Waals surface area contributed by atoms with Gasteiger partial charge in [-0.15, -0.1) is 0 Å². The average Bonchev–Trinajstić information content (AvgIpc) is 2.13. The highest BCUT2D eigenvalue weighted by atomic mass is 16.6. The van der Waals surface area contributed by atoms with Crippen molar-refractivity contribution in [2.75, 3.05) is 0 Å². The van der Waals surface area contributed by atoms with E-state index in [-0.39, 0.29) is 5.78 Å². The van der Waals surface area contributed by atoms with E-state index >= 15 is 0 Å². The fourth-order valence-electron chi connectivity index (χ4n) is 1.02. The van der Waals surface area contributed by atoms with E-state index in [2.05, 4.69) is 0 Å². The Morgan fingerprint density at radius 3 is 2.56 bits per heavy atom. The van der Waals surface area contributed by atoms with Crippen molar-refractivity contribution in [3.63, 3.8) is 0 Å². The van der Waals surface area contributed by atoms with Crippen LogP contribution in [-0.4, -0.2) is 16.7 Å². The molecule has 0 radical (unpaired) electrons. The van der Waals surface area contributed by atoms with Crippen LogP contribution in [0.25, 0.3) is 0 Å². The normalized spacial score (nSPS) is 26.7. The van der Waals surface area contributed by atoms with Gasteiger partial charge in [0.25, 0.3) is 6.04 Å². The van der Waals surface area contributed by atoms with Gasteiger partial charge in [0.2, 0.25) is 5.78 Å². The molecule has 0 bridgehead atoms. The summed E-state index contributed by atoms with van der Waals surface area (Å²) in [5.74, 6) is -0.208. The highest BCUT2D eigenvalue weighted by molar-refractivity contribution is 5.84. The van der Waals surface area contributed by atoms with Crippen molar-refractivity contribution in [3.8, 4) is 0 Å². The average molecular weight is 129 g/mol. The van der Waals surface area contributed by atoms with Crippen LogP contribution in [0.5, 0.6) is 0 Å². The lowest BCUT2D eigenvalue weighted by Gasteiger charge is -1.94. The summed E-state index contributed by atoms with van der Waals surface area (Å²) in [6.07, 6.45) is 1.52. The molecule has 50 valence electrons. The Morgan fingerprint density at radius 1 is 1.67 bits per heavy atom. The zero-order chi connectivity index (χ0) is 6.85. The summed E-state index contributed by atoms with van der Waals surface area (Å²) in [6, 6.07) is -0.884.